The number of amides is 2. The lowest BCUT2D eigenvalue weighted by molar-refractivity contribution is -0.122. The molecule has 144 valence electrons. The van der Waals surface area contributed by atoms with Gasteiger partial charge in [0.2, 0.25) is 5.95 Å². The van der Waals surface area contributed by atoms with E-state index in [9.17, 15) is 9.59 Å². The summed E-state index contributed by atoms with van der Waals surface area (Å²) in [4.78, 5) is 33.5. The van der Waals surface area contributed by atoms with Crippen LogP contribution in [0.5, 0.6) is 0 Å². The second-order valence-corrected chi connectivity index (χ2v) is 7.72. The van der Waals surface area contributed by atoms with E-state index in [2.05, 4.69) is 42.1 Å². The van der Waals surface area contributed by atoms with Gasteiger partial charge < -0.3 is 5.32 Å². The molecule has 0 aliphatic carbocycles. The maximum Gasteiger partial charge on any atom is 0.260 e. The van der Waals surface area contributed by atoms with Crippen LogP contribution in [-0.4, -0.2) is 39.8 Å². The van der Waals surface area contributed by atoms with E-state index in [1.165, 1.54) is 0 Å². The Kier molecular flexibility index (Phi) is 8.05. The molecule has 0 saturated carbocycles. The molecule has 0 aliphatic rings. The van der Waals surface area contributed by atoms with Crippen molar-refractivity contribution < 1.29 is 9.59 Å². The minimum Gasteiger partial charge on any atom is -0.340 e. The molecule has 1 aromatic heterocycles. The van der Waals surface area contributed by atoms with Crippen LogP contribution in [0.1, 0.15) is 28.2 Å². The number of carbonyl (C=O) groups excluding carboxylic acids is 2. The first kappa shape index (κ1) is 21.2. The maximum atomic E-state index is 12.6. The Bertz CT molecular complexity index is 798. The van der Waals surface area contributed by atoms with Gasteiger partial charge in [-0.05, 0) is 66.4 Å². The zero-order chi connectivity index (χ0) is 19.8. The van der Waals surface area contributed by atoms with Crippen LogP contribution in [0, 0.1) is 13.8 Å². The fourth-order valence-electron chi connectivity index (χ4n) is 2.37. The van der Waals surface area contributed by atoms with Gasteiger partial charge in [0.1, 0.15) is 6.04 Å². The monoisotopic (exact) mass is 451 g/mol. The Labute approximate surface area is 171 Å². The summed E-state index contributed by atoms with van der Waals surface area (Å²) in [5.74, 6) is 0.370. The molecule has 2 rings (SSSR count). The van der Waals surface area contributed by atoms with E-state index in [0.717, 1.165) is 17.1 Å². The third-order valence-corrected chi connectivity index (χ3v) is 4.97. The zero-order valence-corrected chi connectivity index (χ0v) is 17.8. The highest BCUT2D eigenvalue weighted by Gasteiger charge is 2.22. The molecular weight excluding hydrogens is 430 g/mol. The number of carbonyl (C=O) groups is 2. The quantitative estimate of drug-likeness (QED) is 0.534. The lowest BCUT2D eigenvalue weighted by Crippen LogP contribution is -2.48. The highest BCUT2D eigenvalue weighted by atomic mass is 79.9. The Morgan fingerprint density at radius 1 is 1.19 bits per heavy atom. The molecule has 2 amide bonds. The Hall–Kier alpha value is -2.13. The number of hydrazine groups is 1. The van der Waals surface area contributed by atoms with E-state index in [1.54, 1.807) is 30.0 Å². The number of aromatic nitrogens is 2. The highest BCUT2D eigenvalue weighted by molar-refractivity contribution is 9.10. The van der Waals surface area contributed by atoms with Crippen LogP contribution in [0.15, 0.2) is 34.8 Å². The summed E-state index contributed by atoms with van der Waals surface area (Å²) in [6.45, 7) is 3.70. The average molecular weight is 452 g/mol. The second-order valence-electron chi connectivity index (χ2n) is 5.88. The summed E-state index contributed by atoms with van der Waals surface area (Å²) >= 11 is 4.96. The molecule has 0 aliphatic heterocycles. The van der Waals surface area contributed by atoms with E-state index < -0.39 is 6.04 Å². The minimum absolute atomic E-state index is 0.307. The molecule has 1 heterocycles. The number of halogens is 1. The van der Waals surface area contributed by atoms with Gasteiger partial charge in [-0.25, -0.2) is 9.97 Å². The first-order chi connectivity index (χ1) is 12.9. The number of thioether (sulfide) groups is 1. The van der Waals surface area contributed by atoms with Gasteiger partial charge in [0.25, 0.3) is 11.8 Å². The number of nitrogens with zero attached hydrogens (tertiary/aromatic N) is 2. The molecule has 1 atom stereocenters. The average Bonchev–Trinajstić information content (AvgIpc) is 2.62. The van der Waals surface area contributed by atoms with Gasteiger partial charge in [-0.2, -0.15) is 11.8 Å². The molecule has 3 N–H and O–H groups in total. The first-order valence-electron chi connectivity index (χ1n) is 8.33. The Morgan fingerprint density at radius 2 is 1.85 bits per heavy atom. The van der Waals surface area contributed by atoms with Crippen LogP contribution in [0.4, 0.5) is 5.95 Å². The standard InChI is InChI=1S/C18H22BrN5O2S/c1-11-10-12(2)21-18(20-11)24-23-17(26)15(8-9-27-3)22-16(25)13-6-4-5-7-14(13)19/h4-7,10,15H,8-9H2,1-3H3,(H,22,25)(H,23,26)(H,20,21,24). The molecule has 1 unspecified atom stereocenters. The van der Waals surface area contributed by atoms with Gasteiger partial charge in [-0.15, -0.1) is 0 Å². The van der Waals surface area contributed by atoms with Gasteiger partial charge >= 0.3 is 0 Å². The van der Waals surface area contributed by atoms with Crippen LogP contribution in [-0.2, 0) is 4.79 Å². The molecule has 7 nitrogen and oxygen atoms in total. The smallest absolute Gasteiger partial charge is 0.260 e. The fraction of sp³-hybridized carbons (Fsp3) is 0.333. The van der Waals surface area contributed by atoms with E-state index in [1.807, 2.05) is 32.2 Å². The molecule has 0 spiro atoms. The first-order valence-corrected chi connectivity index (χ1v) is 10.5. The van der Waals surface area contributed by atoms with Crippen molar-refractivity contribution in [1.82, 2.24) is 20.7 Å². The lowest BCUT2D eigenvalue weighted by atomic mass is 10.1. The summed E-state index contributed by atoms with van der Waals surface area (Å²) < 4.78 is 0.674. The highest BCUT2D eigenvalue weighted by Crippen LogP contribution is 2.16. The number of rotatable bonds is 8. The van der Waals surface area contributed by atoms with Crippen LogP contribution in [0.2, 0.25) is 0 Å². The molecule has 1 aromatic carbocycles. The number of aryl methyl sites for hydroxylation is 2. The minimum atomic E-state index is -0.685. The van der Waals surface area contributed by atoms with Crippen molar-refractivity contribution >= 4 is 45.5 Å². The predicted molar refractivity (Wildman–Crippen MR) is 112 cm³/mol. The third-order valence-electron chi connectivity index (χ3n) is 3.63. The zero-order valence-electron chi connectivity index (χ0n) is 15.4. The number of benzene rings is 1. The predicted octanol–water partition coefficient (Wildman–Crippen LogP) is 2.85. The third kappa shape index (κ3) is 6.51. The second kappa shape index (κ2) is 10.3. The van der Waals surface area contributed by atoms with E-state index in [0.29, 0.717) is 22.4 Å². The number of hydrogen-bond acceptors (Lipinski definition) is 6. The van der Waals surface area contributed by atoms with Crippen LogP contribution in [0.25, 0.3) is 0 Å². The SMILES string of the molecule is CSCCC(NC(=O)c1ccccc1Br)C(=O)NNc1nc(C)cc(C)n1. The summed E-state index contributed by atoms with van der Waals surface area (Å²) in [7, 11) is 0. The molecule has 0 fully saturated rings. The number of hydrogen-bond donors (Lipinski definition) is 3. The van der Waals surface area contributed by atoms with Crippen LogP contribution >= 0.6 is 27.7 Å². The van der Waals surface area contributed by atoms with Gasteiger partial charge in [-0.3, -0.25) is 20.4 Å². The van der Waals surface area contributed by atoms with Gasteiger partial charge in [0, 0.05) is 15.9 Å². The van der Waals surface area contributed by atoms with Crippen molar-refractivity contribution in [2.75, 3.05) is 17.4 Å². The Morgan fingerprint density at radius 3 is 2.48 bits per heavy atom. The van der Waals surface area contributed by atoms with Crippen molar-refractivity contribution in [3.8, 4) is 0 Å². The molecular formula is C18H22BrN5O2S. The van der Waals surface area contributed by atoms with Crippen LogP contribution in [0.3, 0.4) is 0 Å². The molecule has 0 saturated heterocycles. The van der Waals surface area contributed by atoms with Gasteiger partial charge in [-0.1, -0.05) is 12.1 Å². The van der Waals surface area contributed by atoms with E-state index in [-0.39, 0.29) is 11.8 Å². The molecule has 27 heavy (non-hydrogen) atoms. The maximum absolute atomic E-state index is 12.6. The number of nitrogens with one attached hydrogen (secondary N) is 3. The fourth-order valence-corrected chi connectivity index (χ4v) is 3.31. The summed E-state index contributed by atoms with van der Waals surface area (Å²) in [5, 5.41) is 2.79. The lowest BCUT2D eigenvalue weighted by Gasteiger charge is -2.19. The van der Waals surface area contributed by atoms with Crippen molar-refractivity contribution in [1.29, 1.82) is 0 Å². The van der Waals surface area contributed by atoms with Crippen molar-refractivity contribution in [2.24, 2.45) is 0 Å². The van der Waals surface area contributed by atoms with Crippen molar-refractivity contribution in [3.05, 3.63) is 51.8 Å². The van der Waals surface area contributed by atoms with Crippen molar-refractivity contribution in [3.63, 3.8) is 0 Å². The molecule has 0 bridgehead atoms. The van der Waals surface area contributed by atoms with Gasteiger partial charge in [0.05, 0.1) is 5.56 Å². The summed E-state index contributed by atoms with van der Waals surface area (Å²) in [6.07, 6.45) is 2.45. The number of anilines is 1. The van der Waals surface area contributed by atoms with Gasteiger partial charge in [0.15, 0.2) is 0 Å². The molecule has 9 heteroatoms. The molecule has 0 radical (unpaired) electrons. The summed E-state index contributed by atoms with van der Waals surface area (Å²) in [5.41, 5.74) is 7.36. The van der Waals surface area contributed by atoms with Crippen molar-refractivity contribution in [2.45, 2.75) is 26.3 Å². The van der Waals surface area contributed by atoms with E-state index in [4.69, 9.17) is 0 Å². The summed E-state index contributed by atoms with van der Waals surface area (Å²) in [6, 6.07) is 8.24. The topological polar surface area (TPSA) is 96.0 Å². The van der Waals surface area contributed by atoms with Crippen LogP contribution < -0.4 is 16.2 Å². The normalized spacial score (nSPS) is 11.6. The Balaban J connectivity index is 2.04. The van der Waals surface area contributed by atoms with E-state index >= 15 is 0 Å². The largest absolute Gasteiger partial charge is 0.340 e. The molecule has 2 aromatic rings.